The van der Waals surface area contributed by atoms with Gasteiger partial charge in [0.05, 0.1) is 0 Å². The summed E-state index contributed by atoms with van der Waals surface area (Å²) in [6.45, 7) is 0. The van der Waals surface area contributed by atoms with Crippen LogP contribution in [-0.2, 0) is 9.30 Å². The van der Waals surface area contributed by atoms with Gasteiger partial charge in [-0.05, 0) is 0 Å². The van der Waals surface area contributed by atoms with E-state index in [1.54, 1.807) is 0 Å². The average molecular weight is 116 g/mol. The van der Waals surface area contributed by atoms with E-state index >= 15 is 0 Å². The molecule has 0 aliphatic carbocycles. The summed E-state index contributed by atoms with van der Waals surface area (Å²) in [6.07, 6.45) is 1.81. The van der Waals surface area contributed by atoms with Crippen LogP contribution in [0.2, 0.25) is 0 Å². The standard InChI is InChI=1S/C4H5O2P/c5-7-2-1-3-4(7)6-3/h7H,1-2H2. The quantitative estimate of drug-likeness (QED) is 0.444. The molecule has 0 N–H and O–H groups in total. The molecule has 0 aromatic heterocycles. The predicted molar refractivity (Wildman–Crippen MR) is 26.6 cm³/mol. The van der Waals surface area contributed by atoms with E-state index in [2.05, 4.69) is 0 Å². The van der Waals surface area contributed by atoms with E-state index in [1.807, 2.05) is 0 Å². The predicted octanol–water partition coefficient (Wildman–Crippen LogP) is 1.15. The first kappa shape index (κ1) is 3.73. The number of ether oxygens (including phenoxy) is 1. The van der Waals surface area contributed by atoms with Crippen LogP contribution in [0.15, 0.2) is 11.3 Å². The molecule has 7 heavy (non-hydrogen) atoms. The lowest BCUT2D eigenvalue weighted by Crippen LogP contribution is -1.72. The second-order valence-electron chi connectivity index (χ2n) is 1.78. The van der Waals surface area contributed by atoms with E-state index in [4.69, 9.17) is 4.74 Å². The molecule has 0 saturated heterocycles. The van der Waals surface area contributed by atoms with Gasteiger partial charge in [-0.15, -0.1) is 0 Å². The van der Waals surface area contributed by atoms with Crippen LogP contribution in [0.1, 0.15) is 6.42 Å². The highest BCUT2D eigenvalue weighted by Crippen LogP contribution is 2.55. The molecule has 0 fully saturated rings. The molecule has 2 aliphatic rings. The van der Waals surface area contributed by atoms with Gasteiger partial charge in [0.2, 0.25) is 0 Å². The molecule has 0 bridgehead atoms. The zero-order valence-electron chi connectivity index (χ0n) is 3.73. The molecule has 1 atom stereocenters. The molecule has 2 nitrogen and oxygen atoms in total. The lowest BCUT2D eigenvalue weighted by atomic mass is 10.5. The van der Waals surface area contributed by atoms with E-state index < -0.39 is 7.80 Å². The number of hydrogen-bond acceptors (Lipinski definition) is 2. The summed E-state index contributed by atoms with van der Waals surface area (Å²) in [5.74, 6) is 1.02. The zero-order valence-corrected chi connectivity index (χ0v) is 4.73. The first-order valence-electron chi connectivity index (χ1n) is 2.32. The van der Waals surface area contributed by atoms with Gasteiger partial charge in [-0.2, -0.15) is 0 Å². The minimum absolute atomic E-state index is 0.838. The number of rotatable bonds is 0. The highest BCUT2D eigenvalue weighted by atomic mass is 31.1. The van der Waals surface area contributed by atoms with Gasteiger partial charge in [0, 0.05) is 12.6 Å². The average Bonchev–Trinajstić information content (AvgIpc) is 2.33. The summed E-state index contributed by atoms with van der Waals surface area (Å²) >= 11 is 0. The Balaban J connectivity index is 2.39. The molecule has 38 valence electrons. The van der Waals surface area contributed by atoms with Crippen LogP contribution < -0.4 is 0 Å². The first-order chi connectivity index (χ1) is 3.38. The topological polar surface area (TPSA) is 29.6 Å². The minimum atomic E-state index is -1.35. The van der Waals surface area contributed by atoms with Crippen LogP contribution in [0.4, 0.5) is 0 Å². The third-order valence-electron chi connectivity index (χ3n) is 1.27. The summed E-state index contributed by atoms with van der Waals surface area (Å²) in [7, 11) is -1.35. The normalized spacial score (nSPS) is 35.1. The third kappa shape index (κ3) is 0.376. The number of allylic oxidation sites excluding steroid dienone is 1. The van der Waals surface area contributed by atoms with Crippen LogP contribution in [0.5, 0.6) is 0 Å². The van der Waals surface area contributed by atoms with Crippen molar-refractivity contribution in [3.05, 3.63) is 11.3 Å². The molecule has 3 heteroatoms. The summed E-state index contributed by atoms with van der Waals surface area (Å²) < 4.78 is 15.4. The molecule has 0 aromatic carbocycles. The van der Waals surface area contributed by atoms with Gasteiger partial charge in [-0.25, -0.2) is 0 Å². The molecular formula is C4H5O2P. The van der Waals surface area contributed by atoms with Gasteiger partial charge in [0.25, 0.3) is 0 Å². The second kappa shape index (κ2) is 0.948. The Bertz CT molecular complexity index is 168. The SMILES string of the molecule is O=[PH]1CCC2=C1O2. The van der Waals surface area contributed by atoms with Gasteiger partial charge in [-0.1, -0.05) is 0 Å². The van der Waals surface area contributed by atoms with E-state index in [0.717, 1.165) is 23.8 Å². The molecule has 2 heterocycles. The zero-order chi connectivity index (χ0) is 4.85. The van der Waals surface area contributed by atoms with Crippen molar-refractivity contribution in [2.75, 3.05) is 6.16 Å². The molecule has 0 saturated carbocycles. The van der Waals surface area contributed by atoms with Gasteiger partial charge in [0.1, 0.15) is 7.80 Å². The summed E-state index contributed by atoms with van der Waals surface area (Å²) in [5, 5.41) is 0. The summed E-state index contributed by atoms with van der Waals surface area (Å²) in [4.78, 5) is 0. The fourth-order valence-electron chi connectivity index (χ4n) is 0.815. The maximum absolute atomic E-state index is 10.6. The molecule has 0 radical (unpaired) electrons. The van der Waals surface area contributed by atoms with Crippen molar-refractivity contribution >= 4 is 7.80 Å². The molecule has 0 aromatic rings. The maximum Gasteiger partial charge on any atom is 0.198 e. The lowest BCUT2D eigenvalue weighted by Gasteiger charge is -1.88. The van der Waals surface area contributed by atoms with Gasteiger partial charge in [-0.3, -0.25) is 0 Å². The van der Waals surface area contributed by atoms with Crippen LogP contribution in [0.25, 0.3) is 0 Å². The van der Waals surface area contributed by atoms with Gasteiger partial charge in [0.15, 0.2) is 11.3 Å². The molecule has 2 aliphatic heterocycles. The van der Waals surface area contributed by atoms with Crippen molar-refractivity contribution in [2.24, 2.45) is 0 Å². The van der Waals surface area contributed by atoms with Crippen LogP contribution in [0.3, 0.4) is 0 Å². The maximum atomic E-state index is 10.6. The Hall–Kier alpha value is -0.230. The monoisotopic (exact) mass is 116 g/mol. The molecular weight excluding hydrogens is 111 g/mol. The fourth-order valence-corrected chi connectivity index (χ4v) is 2.17. The van der Waals surface area contributed by atoms with E-state index in [1.165, 1.54) is 0 Å². The molecule has 2 rings (SSSR count). The fraction of sp³-hybridized carbons (Fsp3) is 0.500. The Kier molecular flexibility index (Phi) is 0.505. The Morgan fingerprint density at radius 2 is 2.57 bits per heavy atom. The van der Waals surface area contributed by atoms with Crippen molar-refractivity contribution in [3.8, 4) is 0 Å². The second-order valence-corrected chi connectivity index (χ2v) is 3.58. The van der Waals surface area contributed by atoms with Crippen LogP contribution >= 0.6 is 7.80 Å². The minimum Gasteiger partial charge on any atom is -0.451 e. The van der Waals surface area contributed by atoms with E-state index in [9.17, 15) is 4.57 Å². The molecule has 0 amide bonds. The largest absolute Gasteiger partial charge is 0.451 e. The molecule has 1 unspecified atom stereocenters. The van der Waals surface area contributed by atoms with Crippen molar-refractivity contribution in [1.82, 2.24) is 0 Å². The summed E-state index contributed by atoms with van der Waals surface area (Å²) in [5.41, 5.74) is 0.838. The Morgan fingerprint density at radius 3 is 2.71 bits per heavy atom. The first-order valence-corrected chi connectivity index (χ1v) is 3.93. The van der Waals surface area contributed by atoms with Crippen LogP contribution in [-0.4, -0.2) is 6.16 Å². The highest BCUT2D eigenvalue weighted by molar-refractivity contribution is 7.50. The van der Waals surface area contributed by atoms with Crippen molar-refractivity contribution in [1.29, 1.82) is 0 Å². The third-order valence-corrected chi connectivity index (χ3v) is 2.86. The smallest absolute Gasteiger partial charge is 0.198 e. The van der Waals surface area contributed by atoms with E-state index in [-0.39, 0.29) is 0 Å². The van der Waals surface area contributed by atoms with Crippen LogP contribution in [0, 0.1) is 0 Å². The van der Waals surface area contributed by atoms with Crippen molar-refractivity contribution in [3.63, 3.8) is 0 Å². The summed E-state index contributed by atoms with van der Waals surface area (Å²) in [6, 6.07) is 0. The Labute approximate surface area is 42.0 Å². The van der Waals surface area contributed by atoms with Crippen molar-refractivity contribution < 1.29 is 9.30 Å². The van der Waals surface area contributed by atoms with Gasteiger partial charge >= 0.3 is 0 Å². The van der Waals surface area contributed by atoms with Gasteiger partial charge < -0.3 is 9.30 Å². The Morgan fingerprint density at radius 1 is 1.71 bits per heavy atom. The van der Waals surface area contributed by atoms with Crippen molar-refractivity contribution in [2.45, 2.75) is 6.42 Å². The number of hydrogen-bond donors (Lipinski definition) is 0. The highest BCUT2D eigenvalue weighted by Gasteiger charge is 2.36. The van der Waals surface area contributed by atoms with E-state index in [0.29, 0.717) is 0 Å². The molecule has 0 spiro atoms. The lowest BCUT2D eigenvalue weighted by molar-refractivity contribution is 0.462.